The Hall–Kier alpha value is -2.15. The number of carbonyl (C=O) groups excluding carboxylic acids is 2. The normalized spacial score (nSPS) is 20.0. The highest BCUT2D eigenvalue weighted by Gasteiger charge is 2.40. The monoisotopic (exact) mass is 337 g/mol. The van der Waals surface area contributed by atoms with E-state index >= 15 is 0 Å². The molecule has 2 atom stereocenters. The third-order valence-corrected chi connectivity index (χ3v) is 4.15. The molecular weight excluding hydrogens is 313 g/mol. The van der Waals surface area contributed by atoms with Gasteiger partial charge in [0, 0.05) is 39.2 Å². The molecule has 0 aliphatic carbocycles. The van der Waals surface area contributed by atoms with Crippen LogP contribution in [-0.4, -0.2) is 56.7 Å². The van der Waals surface area contributed by atoms with E-state index in [1.54, 1.807) is 24.1 Å². The molecule has 0 aromatic heterocycles. The smallest absolute Gasteiger partial charge is 0.317 e. The average molecular weight is 337 g/mol. The van der Waals surface area contributed by atoms with Gasteiger partial charge >= 0.3 is 6.03 Å². The first-order valence-electron chi connectivity index (χ1n) is 8.11. The quantitative estimate of drug-likeness (QED) is 0.770. The summed E-state index contributed by atoms with van der Waals surface area (Å²) in [5.41, 5.74) is 0.730. The van der Waals surface area contributed by atoms with Crippen LogP contribution in [0.25, 0.3) is 0 Å². The fraction of sp³-hybridized carbons (Fsp3) is 0.529. The lowest BCUT2D eigenvalue weighted by atomic mass is 9.88. The van der Waals surface area contributed by atoms with Gasteiger partial charge in [0.1, 0.15) is 5.82 Å². The van der Waals surface area contributed by atoms with E-state index in [1.807, 2.05) is 6.92 Å². The van der Waals surface area contributed by atoms with Gasteiger partial charge in [-0.2, -0.15) is 0 Å². The highest BCUT2D eigenvalue weighted by atomic mass is 19.1. The molecule has 24 heavy (non-hydrogen) atoms. The van der Waals surface area contributed by atoms with Crippen LogP contribution in [0.4, 0.5) is 9.18 Å². The molecule has 2 N–H and O–H groups in total. The number of ether oxygens (including phenoxy) is 1. The minimum absolute atomic E-state index is 0.145. The van der Waals surface area contributed by atoms with E-state index in [1.165, 1.54) is 12.1 Å². The van der Waals surface area contributed by atoms with Crippen molar-refractivity contribution >= 4 is 11.9 Å². The molecule has 1 saturated heterocycles. The summed E-state index contributed by atoms with van der Waals surface area (Å²) >= 11 is 0. The van der Waals surface area contributed by atoms with Crippen molar-refractivity contribution in [3.63, 3.8) is 0 Å². The summed E-state index contributed by atoms with van der Waals surface area (Å²) in [6.07, 6.45) is 0. The Balaban J connectivity index is 2.16. The van der Waals surface area contributed by atoms with Crippen molar-refractivity contribution in [2.24, 2.45) is 5.92 Å². The summed E-state index contributed by atoms with van der Waals surface area (Å²) in [6.45, 7) is 3.88. The second-order valence-corrected chi connectivity index (χ2v) is 5.79. The van der Waals surface area contributed by atoms with Gasteiger partial charge in [-0.25, -0.2) is 9.18 Å². The molecule has 1 heterocycles. The van der Waals surface area contributed by atoms with E-state index in [2.05, 4.69) is 10.6 Å². The lowest BCUT2D eigenvalue weighted by molar-refractivity contribution is -0.125. The van der Waals surface area contributed by atoms with Gasteiger partial charge in [0.05, 0.1) is 12.5 Å². The fourth-order valence-electron chi connectivity index (χ4n) is 2.98. The van der Waals surface area contributed by atoms with Gasteiger partial charge in [-0.3, -0.25) is 4.79 Å². The highest BCUT2D eigenvalue weighted by Crippen LogP contribution is 2.33. The standard InChI is InChI=1S/C17H24FN3O3/c1-3-19-17(23)21-10-14(12-5-4-6-13(18)9-12)15(11-21)16(22)20-7-8-24-2/h4-6,9,14-15H,3,7-8,10-11H2,1-2H3,(H,19,23)(H,20,22)/t14-,15+/m0/s1. The Kier molecular flexibility index (Phi) is 6.54. The zero-order valence-electron chi connectivity index (χ0n) is 14.0. The molecule has 0 unspecified atom stereocenters. The Labute approximate surface area is 141 Å². The van der Waals surface area contributed by atoms with Gasteiger partial charge in [-0.15, -0.1) is 0 Å². The van der Waals surface area contributed by atoms with Crippen LogP contribution in [-0.2, 0) is 9.53 Å². The molecule has 1 aliphatic rings. The minimum Gasteiger partial charge on any atom is -0.383 e. The third kappa shape index (κ3) is 4.44. The van der Waals surface area contributed by atoms with Crippen molar-refractivity contribution in [1.29, 1.82) is 0 Å². The molecule has 3 amide bonds. The number of amides is 3. The van der Waals surface area contributed by atoms with Crippen molar-refractivity contribution in [3.8, 4) is 0 Å². The van der Waals surface area contributed by atoms with E-state index in [0.29, 0.717) is 32.8 Å². The van der Waals surface area contributed by atoms with Crippen LogP contribution in [0.5, 0.6) is 0 Å². The highest BCUT2D eigenvalue weighted by molar-refractivity contribution is 5.82. The zero-order chi connectivity index (χ0) is 17.5. The lowest BCUT2D eigenvalue weighted by Gasteiger charge is -2.18. The maximum Gasteiger partial charge on any atom is 0.317 e. The molecule has 132 valence electrons. The summed E-state index contributed by atoms with van der Waals surface area (Å²) in [7, 11) is 1.56. The fourth-order valence-corrected chi connectivity index (χ4v) is 2.98. The van der Waals surface area contributed by atoms with Crippen LogP contribution in [0.15, 0.2) is 24.3 Å². The van der Waals surface area contributed by atoms with Gasteiger partial charge < -0.3 is 20.3 Å². The van der Waals surface area contributed by atoms with Gasteiger partial charge in [-0.05, 0) is 24.6 Å². The number of likely N-dealkylation sites (tertiary alicyclic amines) is 1. The minimum atomic E-state index is -0.411. The van der Waals surface area contributed by atoms with Crippen LogP contribution in [0.2, 0.25) is 0 Å². The number of urea groups is 1. The van der Waals surface area contributed by atoms with Crippen molar-refractivity contribution in [3.05, 3.63) is 35.6 Å². The number of benzene rings is 1. The summed E-state index contributed by atoms with van der Waals surface area (Å²) in [6, 6.07) is 6.02. The van der Waals surface area contributed by atoms with Crippen LogP contribution >= 0.6 is 0 Å². The Morgan fingerprint density at radius 3 is 2.79 bits per heavy atom. The molecule has 1 fully saturated rings. The van der Waals surface area contributed by atoms with Crippen molar-refractivity contribution in [2.75, 3.05) is 39.9 Å². The zero-order valence-corrected chi connectivity index (χ0v) is 14.0. The third-order valence-electron chi connectivity index (χ3n) is 4.15. The maximum atomic E-state index is 13.6. The molecule has 2 rings (SSSR count). The summed E-state index contributed by atoms with van der Waals surface area (Å²) in [5.74, 6) is -1.13. The maximum absolute atomic E-state index is 13.6. The topological polar surface area (TPSA) is 70.7 Å². The van der Waals surface area contributed by atoms with Gasteiger partial charge in [-0.1, -0.05) is 12.1 Å². The molecule has 0 bridgehead atoms. The van der Waals surface area contributed by atoms with E-state index in [0.717, 1.165) is 5.56 Å². The lowest BCUT2D eigenvalue weighted by Crippen LogP contribution is -2.40. The number of nitrogens with zero attached hydrogens (tertiary/aromatic N) is 1. The summed E-state index contributed by atoms with van der Waals surface area (Å²) in [4.78, 5) is 26.2. The Morgan fingerprint density at radius 1 is 1.33 bits per heavy atom. The average Bonchev–Trinajstić information content (AvgIpc) is 3.01. The van der Waals surface area contributed by atoms with Crippen molar-refractivity contribution in [2.45, 2.75) is 12.8 Å². The van der Waals surface area contributed by atoms with Gasteiger partial charge in [0.2, 0.25) is 5.91 Å². The van der Waals surface area contributed by atoms with E-state index in [9.17, 15) is 14.0 Å². The SMILES string of the molecule is CCNC(=O)N1C[C@@H](C(=O)NCCOC)[C@H](c2cccc(F)c2)C1. The Morgan fingerprint density at radius 2 is 2.12 bits per heavy atom. The van der Waals surface area contributed by atoms with Crippen LogP contribution in [0.3, 0.4) is 0 Å². The first-order chi connectivity index (χ1) is 11.6. The number of halogens is 1. The van der Waals surface area contributed by atoms with Gasteiger partial charge in [0.15, 0.2) is 0 Å². The van der Waals surface area contributed by atoms with Crippen LogP contribution in [0, 0.1) is 11.7 Å². The number of hydrogen-bond donors (Lipinski definition) is 2. The molecule has 0 saturated carbocycles. The molecule has 1 aromatic carbocycles. The van der Waals surface area contributed by atoms with Crippen LogP contribution < -0.4 is 10.6 Å². The van der Waals surface area contributed by atoms with E-state index in [-0.39, 0.29) is 23.7 Å². The largest absolute Gasteiger partial charge is 0.383 e. The van der Waals surface area contributed by atoms with Crippen molar-refractivity contribution in [1.82, 2.24) is 15.5 Å². The van der Waals surface area contributed by atoms with Gasteiger partial charge in [0.25, 0.3) is 0 Å². The van der Waals surface area contributed by atoms with Crippen molar-refractivity contribution < 1.29 is 18.7 Å². The molecular formula is C17H24FN3O3. The van der Waals surface area contributed by atoms with E-state index < -0.39 is 5.92 Å². The second-order valence-electron chi connectivity index (χ2n) is 5.79. The Bertz CT molecular complexity index is 582. The number of hydrogen-bond acceptors (Lipinski definition) is 3. The first-order valence-corrected chi connectivity index (χ1v) is 8.11. The molecule has 7 heteroatoms. The second kappa shape index (κ2) is 8.63. The molecule has 6 nitrogen and oxygen atoms in total. The van der Waals surface area contributed by atoms with E-state index in [4.69, 9.17) is 4.74 Å². The molecule has 0 radical (unpaired) electrons. The molecule has 0 spiro atoms. The number of methoxy groups -OCH3 is 1. The number of nitrogens with one attached hydrogen (secondary N) is 2. The predicted molar refractivity (Wildman–Crippen MR) is 88.2 cm³/mol. The predicted octanol–water partition coefficient (Wildman–Crippen LogP) is 1.33. The summed E-state index contributed by atoms with van der Waals surface area (Å²) < 4.78 is 18.5. The number of carbonyl (C=O) groups is 2. The number of rotatable bonds is 6. The first kappa shape index (κ1) is 18.2. The molecule has 1 aliphatic heterocycles. The van der Waals surface area contributed by atoms with Crippen LogP contribution in [0.1, 0.15) is 18.4 Å². The summed E-state index contributed by atoms with van der Waals surface area (Å²) in [5, 5.41) is 5.56. The molecule has 1 aromatic rings.